The van der Waals surface area contributed by atoms with Crippen LogP contribution < -0.4 is 4.90 Å². The van der Waals surface area contributed by atoms with Gasteiger partial charge in [-0.3, -0.25) is 40.0 Å². The topological polar surface area (TPSA) is 150 Å². The van der Waals surface area contributed by atoms with E-state index in [-0.39, 0.29) is 28.5 Å². The Morgan fingerprint density at radius 3 is 1.76 bits per heavy atom. The van der Waals surface area contributed by atoms with Crippen LogP contribution in [0.15, 0.2) is 30.3 Å². The number of amides is 1. The average Bonchev–Trinajstić information content (AvgIpc) is 2.61. The lowest BCUT2D eigenvalue weighted by molar-refractivity contribution is -0.393. The summed E-state index contributed by atoms with van der Waals surface area (Å²) < 4.78 is 39.0. The van der Waals surface area contributed by atoms with E-state index in [4.69, 9.17) is 11.6 Å². The summed E-state index contributed by atoms with van der Waals surface area (Å²) in [5.74, 6) is 0. The molecule has 0 saturated heterocycles. The number of alkyl halides is 3. The minimum absolute atomic E-state index is 0.0133. The number of carbonyl (C=O) groups is 1. The molecule has 1 amide bonds. The molecule has 15 heteroatoms. The van der Waals surface area contributed by atoms with Crippen molar-refractivity contribution < 1.29 is 32.7 Å². The molecule has 0 saturated carbocycles. The number of anilines is 2. The fourth-order valence-electron chi connectivity index (χ4n) is 2.37. The molecule has 0 radical (unpaired) electrons. The quantitative estimate of drug-likeness (QED) is 0.372. The summed E-state index contributed by atoms with van der Waals surface area (Å²) >= 11 is 5.64. The number of nitro benzene ring substituents is 3. The molecule has 0 spiro atoms. The maximum Gasteiger partial charge on any atom is 0.416 e. The summed E-state index contributed by atoms with van der Waals surface area (Å²) in [6.07, 6.45) is -5.41. The standard InChI is InChI=1S/C14H6ClF3N4O7/c15-8-1-2-9(10(5-8)20(24)25)19(6-23)13-11(21(26)27)3-7(14(16,17)18)4-12(13)22(28)29/h1-6H. The summed E-state index contributed by atoms with van der Waals surface area (Å²) in [5, 5.41) is 33.7. The van der Waals surface area contributed by atoms with Gasteiger partial charge in [0.25, 0.3) is 5.69 Å². The summed E-state index contributed by atoms with van der Waals surface area (Å²) in [7, 11) is 0. The fourth-order valence-corrected chi connectivity index (χ4v) is 2.54. The number of hydrogen-bond acceptors (Lipinski definition) is 7. The zero-order chi connectivity index (χ0) is 22.1. The minimum Gasteiger partial charge on any atom is -0.278 e. The molecule has 0 heterocycles. The van der Waals surface area contributed by atoms with Crippen LogP contribution in [0.2, 0.25) is 5.02 Å². The first-order valence-corrected chi connectivity index (χ1v) is 7.48. The predicted octanol–water partition coefficient (Wildman–Crippen LogP) is 4.38. The first-order valence-electron chi connectivity index (χ1n) is 7.11. The van der Waals surface area contributed by atoms with E-state index < -0.39 is 54.9 Å². The van der Waals surface area contributed by atoms with Gasteiger partial charge >= 0.3 is 17.6 Å². The molecule has 0 fully saturated rings. The van der Waals surface area contributed by atoms with E-state index in [1.165, 1.54) is 0 Å². The van der Waals surface area contributed by atoms with Gasteiger partial charge in [0.15, 0.2) is 0 Å². The molecule has 0 aliphatic rings. The number of benzene rings is 2. The number of nitro groups is 3. The van der Waals surface area contributed by atoms with Crippen molar-refractivity contribution in [3.05, 3.63) is 71.3 Å². The van der Waals surface area contributed by atoms with Crippen LogP contribution in [0.4, 0.5) is 41.6 Å². The molecule has 0 aromatic heterocycles. The molecule has 152 valence electrons. The highest BCUT2D eigenvalue weighted by Crippen LogP contribution is 2.46. The van der Waals surface area contributed by atoms with E-state index in [0.29, 0.717) is 0 Å². The van der Waals surface area contributed by atoms with Crippen molar-refractivity contribution in [2.24, 2.45) is 0 Å². The van der Waals surface area contributed by atoms with Gasteiger partial charge in [-0.15, -0.1) is 0 Å². The van der Waals surface area contributed by atoms with E-state index >= 15 is 0 Å². The second-order valence-corrected chi connectivity index (χ2v) is 5.68. The molecule has 0 aliphatic heterocycles. The van der Waals surface area contributed by atoms with Crippen molar-refractivity contribution in [2.75, 3.05) is 4.90 Å². The zero-order valence-electron chi connectivity index (χ0n) is 13.6. The fraction of sp³-hybridized carbons (Fsp3) is 0.0714. The second-order valence-electron chi connectivity index (χ2n) is 5.24. The van der Waals surface area contributed by atoms with Crippen LogP contribution in [0.3, 0.4) is 0 Å². The lowest BCUT2D eigenvalue weighted by Crippen LogP contribution is -2.19. The van der Waals surface area contributed by atoms with Crippen LogP contribution in [-0.4, -0.2) is 21.2 Å². The Morgan fingerprint density at radius 1 is 0.897 bits per heavy atom. The lowest BCUT2D eigenvalue weighted by Gasteiger charge is -2.18. The van der Waals surface area contributed by atoms with Crippen LogP contribution >= 0.6 is 11.6 Å². The Morgan fingerprint density at radius 2 is 1.38 bits per heavy atom. The van der Waals surface area contributed by atoms with Crippen molar-refractivity contribution >= 4 is 46.4 Å². The molecular weight excluding hydrogens is 429 g/mol. The van der Waals surface area contributed by atoms with E-state index in [0.717, 1.165) is 18.2 Å². The molecule has 2 rings (SSSR count). The monoisotopic (exact) mass is 434 g/mol. The third kappa shape index (κ3) is 4.21. The molecule has 0 bridgehead atoms. The Kier molecular flexibility index (Phi) is 5.68. The molecule has 29 heavy (non-hydrogen) atoms. The zero-order valence-corrected chi connectivity index (χ0v) is 14.4. The second kappa shape index (κ2) is 7.67. The van der Waals surface area contributed by atoms with Crippen LogP contribution in [-0.2, 0) is 11.0 Å². The van der Waals surface area contributed by atoms with Crippen LogP contribution in [0.1, 0.15) is 5.56 Å². The molecule has 2 aromatic carbocycles. The summed E-state index contributed by atoms with van der Waals surface area (Å²) in [6.45, 7) is 0. The van der Waals surface area contributed by atoms with Gasteiger partial charge in [0.2, 0.25) is 12.1 Å². The number of carbonyl (C=O) groups excluding carboxylic acids is 1. The van der Waals surface area contributed by atoms with Crippen molar-refractivity contribution in [3.63, 3.8) is 0 Å². The highest BCUT2D eigenvalue weighted by atomic mass is 35.5. The number of rotatable bonds is 6. The van der Waals surface area contributed by atoms with Crippen molar-refractivity contribution in [1.82, 2.24) is 0 Å². The molecule has 0 aliphatic carbocycles. The maximum atomic E-state index is 13.0. The largest absolute Gasteiger partial charge is 0.416 e. The third-order valence-electron chi connectivity index (χ3n) is 3.53. The van der Waals surface area contributed by atoms with Crippen molar-refractivity contribution in [3.8, 4) is 0 Å². The molecule has 2 aromatic rings. The number of halogens is 4. The highest BCUT2D eigenvalue weighted by molar-refractivity contribution is 6.31. The van der Waals surface area contributed by atoms with Gasteiger partial charge in [-0.25, -0.2) is 0 Å². The molecule has 0 atom stereocenters. The lowest BCUT2D eigenvalue weighted by atomic mass is 10.1. The van der Waals surface area contributed by atoms with Gasteiger partial charge in [0.1, 0.15) is 5.69 Å². The first-order chi connectivity index (χ1) is 13.4. The van der Waals surface area contributed by atoms with Crippen LogP contribution in [0.5, 0.6) is 0 Å². The van der Waals surface area contributed by atoms with E-state index in [1.807, 2.05) is 0 Å². The average molecular weight is 435 g/mol. The van der Waals surface area contributed by atoms with E-state index in [1.54, 1.807) is 0 Å². The summed E-state index contributed by atoms with van der Waals surface area (Å²) in [6, 6.07) is 2.64. The molecule has 11 nitrogen and oxygen atoms in total. The van der Waals surface area contributed by atoms with Gasteiger partial charge in [0, 0.05) is 23.2 Å². The van der Waals surface area contributed by atoms with Gasteiger partial charge in [-0.05, 0) is 12.1 Å². The van der Waals surface area contributed by atoms with Gasteiger partial charge in [-0.2, -0.15) is 13.2 Å². The molecule has 0 unspecified atom stereocenters. The minimum atomic E-state index is -5.17. The SMILES string of the molecule is O=CN(c1ccc(Cl)cc1[N+](=O)[O-])c1c([N+](=O)[O-])cc(C(F)(F)F)cc1[N+](=O)[O-]. The maximum absolute atomic E-state index is 13.0. The Balaban J connectivity index is 2.94. The van der Waals surface area contributed by atoms with E-state index in [9.17, 15) is 48.3 Å². The summed E-state index contributed by atoms with van der Waals surface area (Å²) in [4.78, 5) is 41.8. The van der Waals surface area contributed by atoms with Gasteiger partial charge in [0.05, 0.1) is 20.3 Å². The smallest absolute Gasteiger partial charge is 0.278 e. The molecular formula is C14H6ClF3N4O7. The van der Waals surface area contributed by atoms with Crippen molar-refractivity contribution in [1.29, 1.82) is 0 Å². The van der Waals surface area contributed by atoms with Gasteiger partial charge in [-0.1, -0.05) is 11.6 Å². The van der Waals surface area contributed by atoms with E-state index in [2.05, 4.69) is 0 Å². The number of nitrogens with zero attached hydrogens (tertiary/aromatic N) is 4. The Hall–Kier alpha value is -3.81. The normalized spacial score (nSPS) is 11.0. The Labute approximate surface area is 162 Å². The first kappa shape index (κ1) is 21.5. The third-order valence-corrected chi connectivity index (χ3v) is 3.77. The number of hydrogen-bond donors (Lipinski definition) is 0. The van der Waals surface area contributed by atoms with Gasteiger partial charge < -0.3 is 0 Å². The van der Waals surface area contributed by atoms with Crippen molar-refractivity contribution in [2.45, 2.75) is 6.18 Å². The predicted molar refractivity (Wildman–Crippen MR) is 91.1 cm³/mol. The molecule has 0 N–H and O–H groups in total. The summed E-state index contributed by atoms with van der Waals surface area (Å²) in [5.41, 5.74) is -7.36. The Bertz CT molecular complexity index is 1010. The highest BCUT2D eigenvalue weighted by Gasteiger charge is 2.40. The van der Waals surface area contributed by atoms with Crippen LogP contribution in [0, 0.1) is 30.3 Å². The van der Waals surface area contributed by atoms with Crippen LogP contribution in [0.25, 0.3) is 0 Å².